The van der Waals surface area contributed by atoms with Crippen LogP contribution in [-0.2, 0) is 4.79 Å². The van der Waals surface area contributed by atoms with Crippen molar-refractivity contribution in [3.63, 3.8) is 0 Å². The van der Waals surface area contributed by atoms with Crippen molar-refractivity contribution < 1.29 is 22.7 Å². The molecule has 0 radical (unpaired) electrons. The molecule has 1 rings (SSSR count). The van der Waals surface area contributed by atoms with Gasteiger partial charge in [-0.1, -0.05) is 26.8 Å². The van der Waals surface area contributed by atoms with Crippen LogP contribution in [0.15, 0.2) is 24.3 Å². The van der Waals surface area contributed by atoms with Gasteiger partial charge in [-0.05, 0) is 17.5 Å². The van der Waals surface area contributed by atoms with Gasteiger partial charge in [-0.2, -0.15) is 0 Å². The number of ether oxygens (including phenoxy) is 1. The van der Waals surface area contributed by atoms with Gasteiger partial charge in [0.2, 0.25) is 5.91 Å². The summed E-state index contributed by atoms with van der Waals surface area (Å²) in [6.45, 7) is 5.38. The number of hydrogen-bond acceptors (Lipinski definition) is 3. The van der Waals surface area contributed by atoms with Gasteiger partial charge in [0.15, 0.2) is 0 Å². The third-order valence-corrected chi connectivity index (χ3v) is 2.55. The number of nitrogens with one attached hydrogen (secondary N) is 1. The van der Waals surface area contributed by atoms with E-state index in [9.17, 15) is 18.0 Å². The molecule has 0 aromatic heterocycles. The first kappa shape index (κ1) is 19.5. The van der Waals surface area contributed by atoms with Gasteiger partial charge in [0.1, 0.15) is 5.75 Å². The molecule has 21 heavy (non-hydrogen) atoms. The molecule has 1 atom stereocenters. The van der Waals surface area contributed by atoms with Crippen molar-refractivity contribution >= 4 is 24.0 Å². The number of carbonyl (C=O) groups is 1. The topological polar surface area (TPSA) is 64.4 Å². The average molecular weight is 327 g/mol. The van der Waals surface area contributed by atoms with Crippen molar-refractivity contribution in [2.75, 3.05) is 5.32 Å². The quantitative estimate of drug-likeness (QED) is 0.895. The fourth-order valence-electron chi connectivity index (χ4n) is 1.38. The van der Waals surface area contributed by atoms with Crippen molar-refractivity contribution in [3.05, 3.63) is 24.3 Å². The zero-order valence-corrected chi connectivity index (χ0v) is 12.6. The smallest absolute Gasteiger partial charge is 0.406 e. The van der Waals surface area contributed by atoms with Crippen molar-refractivity contribution in [2.24, 2.45) is 11.1 Å². The minimum absolute atomic E-state index is 0. The fourth-order valence-corrected chi connectivity index (χ4v) is 1.38. The van der Waals surface area contributed by atoms with E-state index in [1.54, 1.807) is 20.8 Å². The predicted molar refractivity (Wildman–Crippen MR) is 76.4 cm³/mol. The van der Waals surface area contributed by atoms with Crippen LogP contribution in [0.4, 0.5) is 18.9 Å². The second-order valence-corrected chi connectivity index (χ2v) is 5.41. The van der Waals surface area contributed by atoms with Crippen LogP contribution in [0.1, 0.15) is 20.8 Å². The molecule has 1 aromatic rings. The molecular weight excluding hydrogens is 309 g/mol. The van der Waals surface area contributed by atoms with Crippen LogP contribution >= 0.6 is 12.4 Å². The zero-order chi connectivity index (χ0) is 15.6. The molecule has 0 aliphatic carbocycles. The van der Waals surface area contributed by atoms with Gasteiger partial charge in [0.05, 0.1) is 6.04 Å². The molecule has 0 heterocycles. The highest BCUT2D eigenvalue weighted by Gasteiger charge is 2.31. The van der Waals surface area contributed by atoms with Gasteiger partial charge in [-0.15, -0.1) is 25.6 Å². The highest BCUT2D eigenvalue weighted by Crippen LogP contribution is 2.25. The lowest BCUT2D eigenvalue weighted by Gasteiger charge is -2.25. The summed E-state index contributed by atoms with van der Waals surface area (Å²) < 4.78 is 40.0. The molecule has 0 fully saturated rings. The number of nitrogens with two attached hydrogens (primary N) is 1. The summed E-state index contributed by atoms with van der Waals surface area (Å²) in [5.74, 6) is -0.874. The molecule has 0 aliphatic rings. The Labute approximate surface area is 127 Å². The van der Waals surface area contributed by atoms with Gasteiger partial charge in [0, 0.05) is 11.8 Å². The molecule has 0 saturated heterocycles. The Bertz CT molecular complexity index is 487. The Morgan fingerprint density at radius 2 is 1.86 bits per heavy atom. The van der Waals surface area contributed by atoms with Crippen molar-refractivity contribution in [1.82, 2.24) is 0 Å². The van der Waals surface area contributed by atoms with E-state index in [1.807, 2.05) is 0 Å². The van der Waals surface area contributed by atoms with Gasteiger partial charge < -0.3 is 15.8 Å². The number of hydrogen-bond donors (Lipinski definition) is 2. The lowest BCUT2D eigenvalue weighted by atomic mass is 9.87. The van der Waals surface area contributed by atoms with Gasteiger partial charge in [0.25, 0.3) is 0 Å². The summed E-state index contributed by atoms with van der Waals surface area (Å²) in [6, 6.07) is 4.25. The summed E-state index contributed by atoms with van der Waals surface area (Å²) >= 11 is 0. The molecule has 0 unspecified atom stereocenters. The van der Waals surface area contributed by atoms with Crippen molar-refractivity contribution in [3.8, 4) is 5.75 Å². The Balaban J connectivity index is 0.00000400. The van der Waals surface area contributed by atoms with Gasteiger partial charge >= 0.3 is 6.36 Å². The van der Waals surface area contributed by atoms with E-state index >= 15 is 0 Å². The summed E-state index contributed by atoms with van der Waals surface area (Å²) in [6.07, 6.45) is -4.77. The third-order valence-electron chi connectivity index (χ3n) is 2.55. The van der Waals surface area contributed by atoms with Crippen LogP contribution in [0.2, 0.25) is 0 Å². The number of halogens is 4. The van der Waals surface area contributed by atoms with Gasteiger partial charge in [-0.25, -0.2) is 0 Å². The Hall–Kier alpha value is -1.47. The van der Waals surface area contributed by atoms with E-state index in [-0.39, 0.29) is 18.1 Å². The van der Waals surface area contributed by atoms with Crippen molar-refractivity contribution in [1.29, 1.82) is 0 Å². The van der Waals surface area contributed by atoms with Crippen molar-refractivity contribution in [2.45, 2.75) is 33.2 Å². The molecule has 0 bridgehead atoms. The number of amides is 1. The predicted octanol–water partition coefficient (Wildman–Crippen LogP) is 3.32. The maximum absolute atomic E-state index is 12.1. The normalized spacial score (nSPS) is 13.1. The minimum atomic E-state index is -4.77. The minimum Gasteiger partial charge on any atom is -0.406 e. The second kappa shape index (κ2) is 7.00. The Morgan fingerprint density at radius 3 is 2.33 bits per heavy atom. The lowest BCUT2D eigenvalue weighted by molar-refractivity contribution is -0.274. The Kier molecular flexibility index (Phi) is 6.51. The van der Waals surface area contributed by atoms with Crippen LogP contribution in [0, 0.1) is 5.41 Å². The van der Waals surface area contributed by atoms with E-state index in [2.05, 4.69) is 10.1 Å². The molecule has 0 aliphatic heterocycles. The molecule has 1 aromatic carbocycles. The maximum Gasteiger partial charge on any atom is 0.573 e. The average Bonchev–Trinajstić information content (AvgIpc) is 2.24. The standard InChI is InChI=1S/C13H17F3N2O2.ClH/c1-12(2,3)10(17)11(19)18-8-5-4-6-9(7-8)20-13(14,15)16;/h4-7,10H,17H2,1-3H3,(H,18,19);1H/t10-;/m1./s1. The van der Waals surface area contributed by atoms with Gasteiger partial charge in [-0.3, -0.25) is 4.79 Å². The number of rotatable bonds is 3. The maximum atomic E-state index is 12.1. The fraction of sp³-hybridized carbons (Fsp3) is 0.462. The highest BCUT2D eigenvalue weighted by atomic mass is 35.5. The monoisotopic (exact) mass is 326 g/mol. The first-order valence-electron chi connectivity index (χ1n) is 5.91. The molecule has 8 heteroatoms. The summed E-state index contributed by atoms with van der Waals surface area (Å²) in [5, 5.41) is 2.46. The number of anilines is 1. The third kappa shape index (κ3) is 6.68. The number of carbonyl (C=O) groups excluding carboxylic acids is 1. The lowest BCUT2D eigenvalue weighted by Crippen LogP contribution is -2.45. The van der Waals surface area contributed by atoms with E-state index < -0.39 is 29.5 Å². The van der Waals surface area contributed by atoms with E-state index in [1.165, 1.54) is 12.1 Å². The molecule has 0 saturated carbocycles. The zero-order valence-electron chi connectivity index (χ0n) is 11.8. The summed E-state index contributed by atoms with van der Waals surface area (Å²) in [5.41, 5.74) is 5.50. The largest absolute Gasteiger partial charge is 0.573 e. The summed E-state index contributed by atoms with van der Waals surface area (Å²) in [4.78, 5) is 11.9. The van der Waals surface area contributed by atoms with E-state index in [4.69, 9.17) is 5.73 Å². The van der Waals surface area contributed by atoms with Crippen LogP contribution < -0.4 is 15.8 Å². The van der Waals surface area contributed by atoms with Crippen LogP contribution in [-0.4, -0.2) is 18.3 Å². The first-order valence-corrected chi connectivity index (χ1v) is 5.91. The second-order valence-electron chi connectivity index (χ2n) is 5.41. The van der Waals surface area contributed by atoms with E-state index in [0.29, 0.717) is 0 Å². The van der Waals surface area contributed by atoms with Crippen LogP contribution in [0.25, 0.3) is 0 Å². The molecule has 120 valence electrons. The molecule has 3 N–H and O–H groups in total. The molecule has 4 nitrogen and oxygen atoms in total. The van der Waals surface area contributed by atoms with Crippen LogP contribution in [0.3, 0.4) is 0 Å². The van der Waals surface area contributed by atoms with E-state index in [0.717, 1.165) is 12.1 Å². The first-order chi connectivity index (χ1) is 8.99. The molecular formula is C13H18ClF3N2O2. The SMILES string of the molecule is CC(C)(C)[C@H](N)C(=O)Nc1cccc(OC(F)(F)F)c1.Cl. The molecule has 1 amide bonds. The highest BCUT2D eigenvalue weighted by molar-refractivity contribution is 5.95. The van der Waals surface area contributed by atoms with Crippen LogP contribution in [0.5, 0.6) is 5.75 Å². The number of benzene rings is 1. The Morgan fingerprint density at radius 1 is 1.29 bits per heavy atom. The molecule has 0 spiro atoms. The summed E-state index contributed by atoms with van der Waals surface area (Å²) in [7, 11) is 0. The number of alkyl halides is 3.